The van der Waals surface area contributed by atoms with Crippen LogP contribution in [0, 0.1) is 11.8 Å². The number of carbonyl (C=O) groups is 2. The Kier molecular flexibility index (Phi) is 5.87. The second kappa shape index (κ2) is 8.28. The lowest BCUT2D eigenvalue weighted by atomic mass is 9.81. The van der Waals surface area contributed by atoms with Gasteiger partial charge in [-0.3, -0.25) is 14.5 Å². The van der Waals surface area contributed by atoms with E-state index in [-0.39, 0.29) is 40.8 Å². The van der Waals surface area contributed by atoms with Gasteiger partial charge in [0.1, 0.15) is 10.6 Å². The van der Waals surface area contributed by atoms with Gasteiger partial charge in [-0.05, 0) is 37.6 Å². The average molecular weight is 436 g/mol. The fourth-order valence-electron chi connectivity index (χ4n) is 4.76. The van der Waals surface area contributed by atoms with Gasteiger partial charge in [0.25, 0.3) is 0 Å². The van der Waals surface area contributed by atoms with E-state index in [0.717, 1.165) is 25.7 Å². The van der Waals surface area contributed by atoms with Crippen LogP contribution in [-0.4, -0.2) is 74.7 Å². The highest BCUT2D eigenvalue weighted by molar-refractivity contribution is 7.89. The average Bonchev–Trinajstić information content (AvgIpc) is 2.99. The molecule has 30 heavy (non-hydrogen) atoms. The van der Waals surface area contributed by atoms with Gasteiger partial charge in [-0.1, -0.05) is 18.9 Å². The van der Waals surface area contributed by atoms with Gasteiger partial charge >= 0.3 is 0 Å². The smallest absolute Gasteiger partial charge is 0.246 e. The molecule has 1 saturated carbocycles. The summed E-state index contributed by atoms with van der Waals surface area (Å²) in [4.78, 5) is 29.1. The van der Waals surface area contributed by atoms with Crippen molar-refractivity contribution in [1.82, 2.24) is 14.1 Å². The summed E-state index contributed by atoms with van der Waals surface area (Å²) in [6.45, 7) is 2.26. The Bertz CT molecular complexity index is 916. The molecular weight excluding hydrogens is 406 g/mol. The molecule has 1 aromatic carbocycles. The lowest BCUT2D eigenvalue weighted by Gasteiger charge is -2.32. The minimum Gasteiger partial charge on any atom is -0.495 e. The van der Waals surface area contributed by atoms with Crippen LogP contribution < -0.4 is 4.74 Å². The predicted molar refractivity (Wildman–Crippen MR) is 110 cm³/mol. The third-order valence-electron chi connectivity index (χ3n) is 6.58. The molecule has 2 aliphatic heterocycles. The summed E-state index contributed by atoms with van der Waals surface area (Å²) in [5, 5.41) is 0. The van der Waals surface area contributed by atoms with Gasteiger partial charge in [-0.25, -0.2) is 8.42 Å². The molecule has 2 saturated heterocycles. The summed E-state index contributed by atoms with van der Waals surface area (Å²) in [6.07, 6.45) is 3.47. The van der Waals surface area contributed by atoms with Crippen molar-refractivity contribution in [3.05, 3.63) is 23.8 Å². The number of imide groups is 1. The summed E-state index contributed by atoms with van der Waals surface area (Å²) in [6, 6.07) is 4.88. The van der Waals surface area contributed by atoms with E-state index in [1.54, 1.807) is 18.2 Å². The molecule has 2 amide bonds. The largest absolute Gasteiger partial charge is 0.495 e. The minimum atomic E-state index is -3.74. The van der Waals surface area contributed by atoms with E-state index in [2.05, 4.69) is 4.90 Å². The predicted octanol–water partition coefficient (Wildman–Crippen LogP) is 1.31. The first-order chi connectivity index (χ1) is 14.3. The molecule has 1 aromatic rings. The van der Waals surface area contributed by atoms with Crippen LogP contribution in [0.2, 0.25) is 0 Å². The number of fused-ring (bicyclic) bond motifs is 1. The maximum absolute atomic E-state index is 13.3. The van der Waals surface area contributed by atoms with Crippen LogP contribution in [0.25, 0.3) is 0 Å². The number of sulfonamides is 1. The molecule has 4 rings (SSSR count). The number of ether oxygens (including phenoxy) is 1. The minimum absolute atomic E-state index is 0.0866. The van der Waals surface area contributed by atoms with Crippen LogP contribution >= 0.6 is 0 Å². The molecule has 0 radical (unpaired) electrons. The Hall–Kier alpha value is -1.97. The molecule has 0 bridgehead atoms. The fourth-order valence-corrected chi connectivity index (χ4v) is 6.39. The summed E-state index contributed by atoms with van der Waals surface area (Å²) >= 11 is 0. The standard InChI is InChI=1S/C21H29N3O5S/c1-22-9-11-23(12-10-22)30(27,28)19-13-15(7-8-18(19)29-2)14-24-20(25)16-5-3-4-6-17(16)21(24)26/h7-8,13,16-17H,3-6,9-12,14H2,1-2H3. The Morgan fingerprint density at radius 1 is 1.00 bits per heavy atom. The lowest BCUT2D eigenvalue weighted by molar-refractivity contribution is -0.140. The monoisotopic (exact) mass is 435 g/mol. The van der Waals surface area contributed by atoms with Gasteiger partial charge in [0, 0.05) is 26.2 Å². The Morgan fingerprint density at radius 3 is 2.17 bits per heavy atom. The first kappa shape index (κ1) is 21.3. The number of amides is 2. The maximum Gasteiger partial charge on any atom is 0.246 e. The number of hydrogen-bond donors (Lipinski definition) is 0. The number of likely N-dealkylation sites (N-methyl/N-ethyl adjacent to an activating group) is 1. The van der Waals surface area contributed by atoms with Crippen molar-refractivity contribution in [1.29, 1.82) is 0 Å². The van der Waals surface area contributed by atoms with Crippen molar-refractivity contribution in [2.24, 2.45) is 11.8 Å². The van der Waals surface area contributed by atoms with Crippen LogP contribution in [0.15, 0.2) is 23.1 Å². The number of methoxy groups -OCH3 is 1. The summed E-state index contributed by atoms with van der Waals surface area (Å²) in [5.41, 5.74) is 0.615. The van der Waals surface area contributed by atoms with Gasteiger partial charge in [-0.15, -0.1) is 0 Å². The van der Waals surface area contributed by atoms with Gasteiger partial charge in [-0.2, -0.15) is 4.31 Å². The van der Waals surface area contributed by atoms with Crippen LogP contribution in [-0.2, 0) is 26.2 Å². The van der Waals surface area contributed by atoms with Gasteiger partial charge in [0.15, 0.2) is 0 Å². The Labute approximate surface area is 177 Å². The highest BCUT2D eigenvalue weighted by Gasteiger charge is 2.48. The van der Waals surface area contributed by atoms with E-state index < -0.39 is 10.0 Å². The SMILES string of the molecule is COc1ccc(CN2C(=O)C3CCCCC3C2=O)cc1S(=O)(=O)N1CCN(C)CC1. The molecule has 0 spiro atoms. The second-order valence-electron chi connectivity index (χ2n) is 8.45. The molecule has 2 heterocycles. The lowest BCUT2D eigenvalue weighted by Crippen LogP contribution is -2.47. The zero-order chi connectivity index (χ0) is 21.5. The van der Waals surface area contributed by atoms with Gasteiger partial charge in [0.2, 0.25) is 21.8 Å². The van der Waals surface area contributed by atoms with E-state index >= 15 is 0 Å². The quantitative estimate of drug-likeness (QED) is 0.648. The van der Waals surface area contributed by atoms with Crippen LogP contribution in [0.4, 0.5) is 0 Å². The summed E-state index contributed by atoms with van der Waals surface area (Å²) < 4.78 is 33.3. The Balaban J connectivity index is 1.60. The summed E-state index contributed by atoms with van der Waals surface area (Å²) in [5.74, 6) is -0.394. The third kappa shape index (κ3) is 3.74. The molecule has 3 aliphatic rings. The topological polar surface area (TPSA) is 87.2 Å². The highest BCUT2D eigenvalue weighted by Crippen LogP contribution is 2.39. The third-order valence-corrected chi connectivity index (χ3v) is 8.50. The molecule has 0 N–H and O–H groups in total. The first-order valence-corrected chi connectivity index (χ1v) is 12.0. The molecule has 3 fully saturated rings. The van der Waals surface area contributed by atoms with Crippen molar-refractivity contribution < 1.29 is 22.7 Å². The van der Waals surface area contributed by atoms with E-state index in [1.165, 1.54) is 16.3 Å². The number of nitrogens with zero attached hydrogens (tertiary/aromatic N) is 3. The van der Waals surface area contributed by atoms with Crippen molar-refractivity contribution in [2.45, 2.75) is 37.1 Å². The van der Waals surface area contributed by atoms with E-state index in [0.29, 0.717) is 31.7 Å². The second-order valence-corrected chi connectivity index (χ2v) is 10.4. The van der Waals surface area contributed by atoms with E-state index in [1.807, 2.05) is 7.05 Å². The molecule has 2 unspecified atom stereocenters. The first-order valence-electron chi connectivity index (χ1n) is 10.5. The van der Waals surface area contributed by atoms with Crippen molar-refractivity contribution in [3.63, 3.8) is 0 Å². The molecular formula is C21H29N3O5S. The van der Waals surface area contributed by atoms with Crippen LogP contribution in [0.1, 0.15) is 31.2 Å². The molecule has 1 aliphatic carbocycles. The zero-order valence-electron chi connectivity index (χ0n) is 17.5. The molecule has 9 heteroatoms. The summed E-state index contributed by atoms with van der Waals surface area (Å²) in [7, 11) is -0.333. The number of rotatable bonds is 5. The number of hydrogen-bond acceptors (Lipinski definition) is 6. The number of carbonyl (C=O) groups excluding carboxylic acids is 2. The molecule has 164 valence electrons. The normalized spacial score (nSPS) is 26.1. The van der Waals surface area contributed by atoms with Crippen molar-refractivity contribution in [3.8, 4) is 5.75 Å². The molecule has 0 aromatic heterocycles. The van der Waals surface area contributed by atoms with Crippen molar-refractivity contribution in [2.75, 3.05) is 40.3 Å². The van der Waals surface area contributed by atoms with Crippen LogP contribution in [0.5, 0.6) is 5.75 Å². The maximum atomic E-state index is 13.3. The van der Waals surface area contributed by atoms with E-state index in [9.17, 15) is 18.0 Å². The molecule has 8 nitrogen and oxygen atoms in total. The zero-order valence-corrected chi connectivity index (χ0v) is 18.4. The number of piperazine rings is 1. The molecule has 2 atom stereocenters. The van der Waals surface area contributed by atoms with Gasteiger partial charge < -0.3 is 9.64 Å². The van der Waals surface area contributed by atoms with E-state index in [4.69, 9.17) is 4.74 Å². The fraction of sp³-hybridized carbons (Fsp3) is 0.619. The Morgan fingerprint density at radius 2 is 1.60 bits per heavy atom. The number of likely N-dealkylation sites (tertiary alicyclic amines) is 1. The van der Waals surface area contributed by atoms with Crippen LogP contribution in [0.3, 0.4) is 0 Å². The van der Waals surface area contributed by atoms with Crippen molar-refractivity contribution >= 4 is 21.8 Å². The highest BCUT2D eigenvalue weighted by atomic mass is 32.2. The number of benzene rings is 1. The van der Waals surface area contributed by atoms with Gasteiger partial charge in [0.05, 0.1) is 25.5 Å².